The fraction of sp³-hybridized carbons (Fsp3) is 0.412. The lowest BCUT2D eigenvalue weighted by Crippen LogP contribution is -2.32. The lowest BCUT2D eigenvalue weighted by molar-refractivity contribution is -0.117. The first-order valence-electron chi connectivity index (χ1n) is 7.85. The largest absolute Gasteiger partial charge is 0.330 e. The number of nitrogens with two attached hydrogens (primary N) is 1. The number of carbonyl (C=O) groups excluding carboxylic acids is 1. The summed E-state index contributed by atoms with van der Waals surface area (Å²) in [5.74, 6) is 0.784. The fourth-order valence-electron chi connectivity index (χ4n) is 3.18. The molecule has 3 N–H and O–H groups in total. The summed E-state index contributed by atoms with van der Waals surface area (Å²) in [5.41, 5.74) is 8.18. The van der Waals surface area contributed by atoms with Gasteiger partial charge in [0.2, 0.25) is 5.91 Å². The Bertz CT molecular complexity index is 658. The van der Waals surface area contributed by atoms with Gasteiger partial charge < -0.3 is 11.1 Å². The van der Waals surface area contributed by atoms with Crippen molar-refractivity contribution in [3.8, 4) is 0 Å². The summed E-state index contributed by atoms with van der Waals surface area (Å²) in [5, 5.41) is 5.47. The molecule has 0 radical (unpaired) electrons. The van der Waals surface area contributed by atoms with Gasteiger partial charge in [0, 0.05) is 24.4 Å². The molecule has 0 spiro atoms. The molecule has 0 saturated carbocycles. The van der Waals surface area contributed by atoms with Crippen molar-refractivity contribution in [2.24, 2.45) is 11.7 Å². The van der Waals surface area contributed by atoms with Crippen LogP contribution in [-0.4, -0.2) is 42.0 Å². The van der Waals surface area contributed by atoms with Crippen LogP contribution in [0.5, 0.6) is 0 Å². The highest BCUT2D eigenvalue weighted by molar-refractivity contribution is 7.13. The molecule has 2 aromatic rings. The number of rotatable bonds is 5. The fourth-order valence-corrected chi connectivity index (χ4v) is 3.88. The molecule has 3 rings (SSSR count). The maximum absolute atomic E-state index is 12.2. The summed E-state index contributed by atoms with van der Waals surface area (Å²) < 4.78 is 0. The summed E-state index contributed by atoms with van der Waals surface area (Å²) in [6, 6.07) is 10.4. The Kier molecular flexibility index (Phi) is 5.05. The van der Waals surface area contributed by atoms with Crippen molar-refractivity contribution in [1.29, 1.82) is 0 Å². The molecule has 5 nitrogen and oxygen atoms in total. The second kappa shape index (κ2) is 7.21. The van der Waals surface area contributed by atoms with Gasteiger partial charge in [-0.15, -0.1) is 11.3 Å². The van der Waals surface area contributed by atoms with Gasteiger partial charge in [-0.25, -0.2) is 4.98 Å². The minimum atomic E-state index is -0.0103. The van der Waals surface area contributed by atoms with E-state index in [4.69, 9.17) is 5.73 Å². The zero-order valence-electron chi connectivity index (χ0n) is 13.2. The van der Waals surface area contributed by atoms with Crippen LogP contribution in [0.25, 0.3) is 0 Å². The van der Waals surface area contributed by atoms with Gasteiger partial charge >= 0.3 is 0 Å². The van der Waals surface area contributed by atoms with Crippen LogP contribution in [0.4, 0.5) is 5.13 Å². The molecule has 6 heteroatoms. The van der Waals surface area contributed by atoms with Crippen LogP contribution in [0.2, 0.25) is 0 Å². The monoisotopic (exact) mass is 330 g/mol. The van der Waals surface area contributed by atoms with Gasteiger partial charge in [0.25, 0.3) is 0 Å². The molecule has 23 heavy (non-hydrogen) atoms. The molecule has 2 heterocycles. The second-order valence-electron chi connectivity index (χ2n) is 6.05. The molecule has 0 aliphatic carbocycles. The van der Waals surface area contributed by atoms with E-state index in [2.05, 4.69) is 39.5 Å². The van der Waals surface area contributed by atoms with E-state index in [-0.39, 0.29) is 5.91 Å². The van der Waals surface area contributed by atoms with Gasteiger partial charge in [0.05, 0.1) is 12.2 Å². The number of nitrogens with one attached hydrogen (secondary N) is 1. The highest BCUT2D eigenvalue weighted by atomic mass is 32.1. The zero-order chi connectivity index (χ0) is 16.2. The Morgan fingerprint density at radius 3 is 2.83 bits per heavy atom. The van der Waals surface area contributed by atoms with Crippen molar-refractivity contribution in [2.75, 3.05) is 31.5 Å². The molecular formula is C17H22N4OS. The third-order valence-corrected chi connectivity index (χ3v) is 5.16. The van der Waals surface area contributed by atoms with Gasteiger partial charge in [-0.05, 0) is 24.9 Å². The van der Waals surface area contributed by atoms with E-state index in [1.54, 1.807) is 0 Å². The number of thiazole rings is 1. The van der Waals surface area contributed by atoms with Crippen molar-refractivity contribution < 1.29 is 4.79 Å². The van der Waals surface area contributed by atoms with Gasteiger partial charge in [-0.3, -0.25) is 9.69 Å². The standard InChI is InChI=1S/C17H22N4OS/c1-12-11-23-17(19-12)20-16(22)10-21-8-14(7-18)15(9-21)13-5-3-2-4-6-13/h2-6,11,14-15H,7-10,18H2,1H3,(H,19,20,22)/t14-,15+/m1/s1. The third kappa shape index (κ3) is 3.96. The van der Waals surface area contributed by atoms with Crippen molar-refractivity contribution in [1.82, 2.24) is 9.88 Å². The van der Waals surface area contributed by atoms with E-state index in [0.29, 0.717) is 30.1 Å². The first-order chi connectivity index (χ1) is 11.2. The number of amides is 1. The first kappa shape index (κ1) is 16.1. The molecule has 122 valence electrons. The summed E-state index contributed by atoms with van der Waals surface area (Å²) in [7, 11) is 0. The van der Waals surface area contributed by atoms with Crippen LogP contribution >= 0.6 is 11.3 Å². The van der Waals surface area contributed by atoms with Crippen LogP contribution in [-0.2, 0) is 4.79 Å². The van der Waals surface area contributed by atoms with E-state index in [1.165, 1.54) is 16.9 Å². The summed E-state index contributed by atoms with van der Waals surface area (Å²) in [4.78, 5) is 18.7. The van der Waals surface area contributed by atoms with E-state index in [1.807, 2.05) is 18.4 Å². The highest BCUT2D eigenvalue weighted by Crippen LogP contribution is 2.31. The molecule has 1 aliphatic rings. The molecule has 1 amide bonds. The Labute approximate surface area is 140 Å². The first-order valence-corrected chi connectivity index (χ1v) is 8.73. The average molecular weight is 330 g/mol. The zero-order valence-corrected chi connectivity index (χ0v) is 14.1. The summed E-state index contributed by atoms with van der Waals surface area (Å²) in [6.07, 6.45) is 0. The van der Waals surface area contributed by atoms with Crippen molar-refractivity contribution in [2.45, 2.75) is 12.8 Å². The van der Waals surface area contributed by atoms with Gasteiger partial charge in [0.1, 0.15) is 0 Å². The number of anilines is 1. The molecule has 1 aromatic heterocycles. The topological polar surface area (TPSA) is 71.2 Å². The second-order valence-corrected chi connectivity index (χ2v) is 6.91. The summed E-state index contributed by atoms with van der Waals surface area (Å²) in [6.45, 7) is 4.68. The smallest absolute Gasteiger partial charge is 0.240 e. The summed E-state index contributed by atoms with van der Waals surface area (Å²) >= 11 is 1.46. The average Bonchev–Trinajstić information content (AvgIpc) is 3.14. The van der Waals surface area contributed by atoms with Gasteiger partial charge in [0.15, 0.2) is 5.13 Å². The number of hydrogen-bond acceptors (Lipinski definition) is 5. The predicted molar refractivity (Wildman–Crippen MR) is 93.6 cm³/mol. The number of hydrogen-bond donors (Lipinski definition) is 2. The quantitative estimate of drug-likeness (QED) is 0.880. The molecule has 1 aromatic carbocycles. The normalized spacial score (nSPS) is 21.5. The molecule has 2 atom stereocenters. The van der Waals surface area contributed by atoms with Crippen LogP contribution in [0, 0.1) is 12.8 Å². The molecular weight excluding hydrogens is 308 g/mol. The lowest BCUT2D eigenvalue weighted by atomic mass is 9.89. The number of likely N-dealkylation sites (tertiary alicyclic amines) is 1. The van der Waals surface area contributed by atoms with Crippen LogP contribution in [0.1, 0.15) is 17.2 Å². The minimum Gasteiger partial charge on any atom is -0.330 e. The Morgan fingerprint density at radius 2 is 2.17 bits per heavy atom. The third-order valence-electron chi connectivity index (χ3n) is 4.28. The number of nitrogens with zero attached hydrogens (tertiary/aromatic N) is 2. The Balaban J connectivity index is 1.60. The molecule has 1 saturated heterocycles. The van der Waals surface area contributed by atoms with Crippen molar-refractivity contribution >= 4 is 22.4 Å². The van der Waals surface area contributed by atoms with Gasteiger partial charge in [-0.2, -0.15) is 0 Å². The van der Waals surface area contributed by atoms with Crippen LogP contribution in [0.3, 0.4) is 0 Å². The number of carbonyl (C=O) groups is 1. The van der Waals surface area contributed by atoms with E-state index < -0.39 is 0 Å². The van der Waals surface area contributed by atoms with Crippen molar-refractivity contribution in [3.63, 3.8) is 0 Å². The number of aryl methyl sites for hydroxylation is 1. The number of benzene rings is 1. The molecule has 0 bridgehead atoms. The highest BCUT2D eigenvalue weighted by Gasteiger charge is 2.33. The maximum Gasteiger partial charge on any atom is 0.240 e. The maximum atomic E-state index is 12.2. The molecule has 1 aliphatic heterocycles. The lowest BCUT2D eigenvalue weighted by Gasteiger charge is -2.16. The molecule has 1 fully saturated rings. The SMILES string of the molecule is Cc1csc(NC(=O)CN2C[C@@H](CN)[C@H](c3ccccc3)C2)n1. The predicted octanol–water partition coefficient (Wildman–Crippen LogP) is 2.06. The minimum absolute atomic E-state index is 0.0103. The van der Waals surface area contributed by atoms with Crippen molar-refractivity contribution in [3.05, 3.63) is 47.0 Å². The Hall–Kier alpha value is -1.76. The number of aromatic nitrogens is 1. The Morgan fingerprint density at radius 1 is 1.39 bits per heavy atom. The van der Waals surface area contributed by atoms with Gasteiger partial charge in [-0.1, -0.05) is 30.3 Å². The molecule has 0 unspecified atom stereocenters. The van der Waals surface area contributed by atoms with Crippen LogP contribution in [0.15, 0.2) is 35.7 Å². The van der Waals surface area contributed by atoms with Crippen LogP contribution < -0.4 is 11.1 Å². The van der Waals surface area contributed by atoms with E-state index >= 15 is 0 Å². The van der Waals surface area contributed by atoms with E-state index in [0.717, 1.165) is 18.8 Å². The van der Waals surface area contributed by atoms with E-state index in [9.17, 15) is 4.79 Å².